The second-order valence-corrected chi connectivity index (χ2v) is 8.94. The van der Waals surface area contributed by atoms with Crippen LogP contribution < -0.4 is 5.32 Å². The molecule has 0 unspecified atom stereocenters. The van der Waals surface area contributed by atoms with Gasteiger partial charge in [-0.05, 0) is 66.6 Å². The number of benzene rings is 2. The Labute approximate surface area is 194 Å². The maximum Gasteiger partial charge on any atom is 0.253 e. The van der Waals surface area contributed by atoms with E-state index in [0.717, 1.165) is 48.9 Å². The third-order valence-corrected chi connectivity index (χ3v) is 6.59. The summed E-state index contributed by atoms with van der Waals surface area (Å²) in [6, 6.07) is 13.4. The Hall–Kier alpha value is -3.32. The number of likely N-dealkylation sites (tertiary alicyclic amines) is 1. The number of aromatic hydroxyl groups is 1. The van der Waals surface area contributed by atoms with Crippen LogP contribution >= 0.6 is 0 Å². The van der Waals surface area contributed by atoms with Crippen LogP contribution in [0.5, 0.6) is 5.75 Å². The van der Waals surface area contributed by atoms with Gasteiger partial charge < -0.3 is 24.8 Å². The molecule has 174 valence electrons. The number of nitrogens with zero attached hydrogens (tertiary/aromatic N) is 3. The molecular weight excluding hydrogens is 416 g/mol. The van der Waals surface area contributed by atoms with Crippen molar-refractivity contribution in [2.75, 3.05) is 40.8 Å². The first kappa shape index (κ1) is 22.9. The zero-order valence-electron chi connectivity index (χ0n) is 19.5. The SMILES string of the molecule is CNC(=O)c1ccc2ccn(C3CCN(CCc4cc(C(=O)N(C)C)ccc4O)CC3)c2c1. The van der Waals surface area contributed by atoms with Gasteiger partial charge in [0.05, 0.1) is 0 Å². The molecule has 2 amide bonds. The minimum absolute atomic E-state index is 0.0596. The molecule has 0 aliphatic carbocycles. The summed E-state index contributed by atoms with van der Waals surface area (Å²) in [5, 5.41) is 14.1. The van der Waals surface area contributed by atoms with E-state index in [4.69, 9.17) is 0 Å². The molecule has 2 aromatic carbocycles. The maximum atomic E-state index is 12.2. The van der Waals surface area contributed by atoms with Crippen LogP contribution in [0.2, 0.25) is 0 Å². The van der Waals surface area contributed by atoms with E-state index < -0.39 is 0 Å². The lowest BCUT2D eigenvalue weighted by Gasteiger charge is -2.33. The van der Waals surface area contributed by atoms with Crippen molar-refractivity contribution >= 4 is 22.7 Å². The van der Waals surface area contributed by atoms with Crippen LogP contribution in [0.3, 0.4) is 0 Å². The van der Waals surface area contributed by atoms with Gasteiger partial charge in [0.15, 0.2) is 0 Å². The molecule has 0 bridgehead atoms. The van der Waals surface area contributed by atoms with Crippen LogP contribution in [0.4, 0.5) is 0 Å². The van der Waals surface area contributed by atoms with Crippen LogP contribution in [-0.2, 0) is 6.42 Å². The Balaban J connectivity index is 1.39. The number of hydrogen-bond donors (Lipinski definition) is 2. The standard InChI is InChI=1S/C26H32N4O3/c1-27-25(32)20-5-4-18-9-15-30(23(18)17-20)22-10-13-29(14-11-22)12-8-19-16-21(6-7-24(19)31)26(33)28(2)3/h4-7,9,15-17,22,31H,8,10-14H2,1-3H3,(H,27,32). The molecule has 7 heteroatoms. The fraction of sp³-hybridized carbons (Fsp3) is 0.385. The minimum atomic E-state index is -0.0703. The molecule has 1 saturated heterocycles. The number of phenolic OH excluding ortho intramolecular Hbond substituents is 1. The Morgan fingerprint density at radius 1 is 1.06 bits per heavy atom. The first-order chi connectivity index (χ1) is 15.9. The molecule has 2 N–H and O–H groups in total. The smallest absolute Gasteiger partial charge is 0.253 e. The maximum absolute atomic E-state index is 12.2. The van der Waals surface area contributed by atoms with E-state index in [0.29, 0.717) is 23.6 Å². The molecule has 3 aromatic rings. The molecule has 0 spiro atoms. The van der Waals surface area contributed by atoms with Gasteiger partial charge in [-0.25, -0.2) is 0 Å². The second kappa shape index (κ2) is 9.67. The highest BCUT2D eigenvalue weighted by molar-refractivity contribution is 5.98. The Kier molecular flexibility index (Phi) is 6.70. The molecule has 0 atom stereocenters. The summed E-state index contributed by atoms with van der Waals surface area (Å²) in [6.07, 6.45) is 4.88. The average molecular weight is 449 g/mol. The number of nitrogens with one attached hydrogen (secondary N) is 1. The number of aromatic nitrogens is 1. The van der Waals surface area contributed by atoms with Gasteiger partial charge in [-0.3, -0.25) is 9.59 Å². The molecule has 2 heterocycles. The van der Waals surface area contributed by atoms with E-state index in [-0.39, 0.29) is 17.6 Å². The molecule has 33 heavy (non-hydrogen) atoms. The molecule has 1 aliphatic heterocycles. The Bertz CT molecular complexity index is 1160. The summed E-state index contributed by atoms with van der Waals surface area (Å²) in [5.41, 5.74) is 3.18. The fourth-order valence-corrected chi connectivity index (χ4v) is 4.63. The number of fused-ring (bicyclic) bond motifs is 1. The van der Waals surface area contributed by atoms with Crippen molar-refractivity contribution in [2.24, 2.45) is 0 Å². The van der Waals surface area contributed by atoms with E-state index >= 15 is 0 Å². The van der Waals surface area contributed by atoms with E-state index in [9.17, 15) is 14.7 Å². The minimum Gasteiger partial charge on any atom is -0.508 e. The van der Waals surface area contributed by atoms with Gasteiger partial charge in [0.25, 0.3) is 11.8 Å². The van der Waals surface area contributed by atoms with E-state index in [1.807, 2.05) is 18.2 Å². The van der Waals surface area contributed by atoms with Gasteiger partial charge >= 0.3 is 0 Å². The van der Waals surface area contributed by atoms with Crippen LogP contribution in [0.15, 0.2) is 48.7 Å². The van der Waals surface area contributed by atoms with Crippen LogP contribution in [0.25, 0.3) is 10.9 Å². The predicted molar refractivity (Wildman–Crippen MR) is 130 cm³/mol. The molecule has 0 radical (unpaired) electrons. The number of carbonyl (C=O) groups excluding carboxylic acids is 2. The number of hydrogen-bond acceptors (Lipinski definition) is 4. The van der Waals surface area contributed by atoms with Crippen LogP contribution in [0.1, 0.15) is 45.2 Å². The zero-order valence-corrected chi connectivity index (χ0v) is 19.5. The third kappa shape index (κ3) is 4.88. The number of amides is 2. The summed E-state index contributed by atoms with van der Waals surface area (Å²) < 4.78 is 2.31. The van der Waals surface area contributed by atoms with E-state index in [2.05, 4.69) is 27.0 Å². The van der Waals surface area contributed by atoms with Crippen molar-refractivity contribution in [2.45, 2.75) is 25.3 Å². The fourth-order valence-electron chi connectivity index (χ4n) is 4.63. The first-order valence-corrected chi connectivity index (χ1v) is 11.5. The summed E-state index contributed by atoms with van der Waals surface area (Å²) in [6.45, 7) is 2.78. The number of piperidine rings is 1. The third-order valence-electron chi connectivity index (χ3n) is 6.59. The normalized spacial score (nSPS) is 15.0. The van der Waals surface area contributed by atoms with Crippen molar-refractivity contribution in [3.8, 4) is 5.75 Å². The number of phenols is 1. The van der Waals surface area contributed by atoms with Gasteiger partial charge in [-0.15, -0.1) is 0 Å². The van der Waals surface area contributed by atoms with Gasteiger partial charge in [-0.2, -0.15) is 0 Å². The van der Waals surface area contributed by atoms with Crippen molar-refractivity contribution < 1.29 is 14.7 Å². The highest BCUT2D eigenvalue weighted by atomic mass is 16.3. The van der Waals surface area contributed by atoms with Gasteiger partial charge in [0.2, 0.25) is 0 Å². The van der Waals surface area contributed by atoms with Crippen molar-refractivity contribution in [3.05, 3.63) is 65.4 Å². The molecule has 7 nitrogen and oxygen atoms in total. The monoisotopic (exact) mass is 448 g/mol. The molecular formula is C26H32N4O3. The largest absolute Gasteiger partial charge is 0.508 e. The topological polar surface area (TPSA) is 77.8 Å². The lowest BCUT2D eigenvalue weighted by molar-refractivity contribution is 0.0827. The molecule has 0 saturated carbocycles. The average Bonchev–Trinajstić information content (AvgIpc) is 3.26. The van der Waals surface area contributed by atoms with Crippen LogP contribution in [0, 0.1) is 0 Å². The van der Waals surface area contributed by atoms with Crippen molar-refractivity contribution in [1.29, 1.82) is 0 Å². The van der Waals surface area contributed by atoms with Gasteiger partial charge in [-0.1, -0.05) is 6.07 Å². The van der Waals surface area contributed by atoms with E-state index in [1.165, 1.54) is 0 Å². The predicted octanol–water partition coefficient (Wildman–Crippen LogP) is 3.29. The first-order valence-electron chi connectivity index (χ1n) is 11.5. The summed E-state index contributed by atoms with van der Waals surface area (Å²) in [5.74, 6) is 0.112. The Morgan fingerprint density at radius 3 is 2.48 bits per heavy atom. The Morgan fingerprint density at radius 2 is 1.79 bits per heavy atom. The number of carbonyl (C=O) groups is 2. The van der Waals surface area contributed by atoms with Gasteiger partial charge in [0.1, 0.15) is 5.75 Å². The highest BCUT2D eigenvalue weighted by Gasteiger charge is 2.22. The second-order valence-electron chi connectivity index (χ2n) is 8.94. The summed E-state index contributed by atoms with van der Waals surface area (Å²) in [4.78, 5) is 28.2. The summed E-state index contributed by atoms with van der Waals surface area (Å²) >= 11 is 0. The molecule has 1 fully saturated rings. The highest BCUT2D eigenvalue weighted by Crippen LogP contribution is 2.29. The van der Waals surface area contributed by atoms with Crippen LogP contribution in [-0.4, -0.2) is 72.1 Å². The quantitative estimate of drug-likeness (QED) is 0.607. The zero-order chi connectivity index (χ0) is 23.5. The molecule has 1 aliphatic rings. The van der Waals surface area contributed by atoms with Crippen molar-refractivity contribution in [3.63, 3.8) is 0 Å². The van der Waals surface area contributed by atoms with E-state index in [1.54, 1.807) is 44.2 Å². The lowest BCUT2D eigenvalue weighted by atomic mass is 10.0. The lowest BCUT2D eigenvalue weighted by Crippen LogP contribution is -2.35. The molecule has 1 aromatic heterocycles. The van der Waals surface area contributed by atoms with Gasteiger partial charge in [0, 0.05) is 69.7 Å². The van der Waals surface area contributed by atoms with Crippen molar-refractivity contribution in [1.82, 2.24) is 19.7 Å². The number of rotatable bonds is 6. The molecule has 4 rings (SSSR count). The summed E-state index contributed by atoms with van der Waals surface area (Å²) in [7, 11) is 5.11.